The lowest BCUT2D eigenvalue weighted by atomic mass is 10.0. The Morgan fingerprint density at radius 3 is 2.69 bits per heavy atom. The van der Waals surface area contributed by atoms with Gasteiger partial charge in [0.05, 0.1) is 24.8 Å². The maximum Gasteiger partial charge on any atom is 0.227 e. The van der Waals surface area contributed by atoms with E-state index < -0.39 is 0 Å². The lowest BCUT2D eigenvalue weighted by Crippen LogP contribution is -2.37. The number of carbonyl (C=O) groups is 2. The van der Waals surface area contributed by atoms with Crippen LogP contribution in [0.4, 0.5) is 5.69 Å². The second-order valence-corrected chi connectivity index (χ2v) is 7.80. The molecule has 0 bridgehead atoms. The van der Waals surface area contributed by atoms with Gasteiger partial charge < -0.3 is 15.0 Å². The highest BCUT2D eigenvalue weighted by Gasteiger charge is 2.37. The van der Waals surface area contributed by atoms with Gasteiger partial charge in [-0.15, -0.1) is 11.3 Å². The van der Waals surface area contributed by atoms with Crippen LogP contribution in [0, 0.1) is 11.8 Å². The van der Waals surface area contributed by atoms with Gasteiger partial charge in [0.1, 0.15) is 5.75 Å². The molecular formula is C20H24N2O3S. The number of nitrogens with zero attached hydrogens (tertiary/aromatic N) is 1. The van der Waals surface area contributed by atoms with Crippen LogP contribution in [-0.2, 0) is 9.59 Å². The lowest BCUT2D eigenvalue weighted by molar-refractivity contribution is -0.127. The maximum absolute atomic E-state index is 12.8. The van der Waals surface area contributed by atoms with Crippen LogP contribution in [-0.4, -0.2) is 25.5 Å². The molecule has 1 saturated heterocycles. The Balaban J connectivity index is 1.72. The van der Waals surface area contributed by atoms with Gasteiger partial charge in [-0.25, -0.2) is 0 Å². The monoisotopic (exact) mass is 372 g/mol. The van der Waals surface area contributed by atoms with Crippen molar-refractivity contribution in [3.63, 3.8) is 0 Å². The van der Waals surface area contributed by atoms with Crippen molar-refractivity contribution in [3.8, 4) is 5.75 Å². The van der Waals surface area contributed by atoms with E-state index in [9.17, 15) is 9.59 Å². The average molecular weight is 372 g/mol. The molecule has 3 rings (SSSR count). The zero-order valence-electron chi connectivity index (χ0n) is 15.3. The summed E-state index contributed by atoms with van der Waals surface area (Å²) in [5.74, 6) is 0.448. The predicted molar refractivity (Wildman–Crippen MR) is 103 cm³/mol. The molecule has 6 heteroatoms. The second kappa shape index (κ2) is 7.91. The first kappa shape index (κ1) is 18.5. The van der Waals surface area contributed by atoms with E-state index in [1.807, 2.05) is 41.8 Å². The molecule has 1 aliphatic heterocycles. The van der Waals surface area contributed by atoms with Crippen molar-refractivity contribution < 1.29 is 14.3 Å². The smallest absolute Gasteiger partial charge is 0.227 e. The third-order valence-corrected chi connectivity index (χ3v) is 5.64. The van der Waals surface area contributed by atoms with E-state index in [4.69, 9.17) is 4.74 Å². The van der Waals surface area contributed by atoms with Crippen molar-refractivity contribution >= 4 is 28.8 Å². The van der Waals surface area contributed by atoms with Gasteiger partial charge in [-0.2, -0.15) is 0 Å². The summed E-state index contributed by atoms with van der Waals surface area (Å²) in [5.41, 5.74) is 0.717. The molecule has 138 valence electrons. The van der Waals surface area contributed by atoms with E-state index in [2.05, 4.69) is 19.2 Å². The highest BCUT2D eigenvalue weighted by molar-refractivity contribution is 7.10. The van der Waals surface area contributed by atoms with Crippen molar-refractivity contribution in [3.05, 3.63) is 46.7 Å². The topological polar surface area (TPSA) is 58.6 Å². The van der Waals surface area contributed by atoms with Gasteiger partial charge in [-0.05, 0) is 29.5 Å². The van der Waals surface area contributed by atoms with Gasteiger partial charge in [0.15, 0.2) is 0 Å². The number of nitrogens with one attached hydrogen (secondary N) is 1. The molecule has 2 heterocycles. The number of para-hydroxylation sites is 2. The SMILES string of the molecule is COc1ccccc1N1CC(C(=O)NC(c2cccs2)C(C)C)CC1=O. The Morgan fingerprint density at radius 2 is 2.04 bits per heavy atom. The zero-order chi connectivity index (χ0) is 18.7. The molecule has 2 unspecified atom stereocenters. The molecule has 1 aromatic heterocycles. The van der Waals surface area contributed by atoms with Gasteiger partial charge in [0.25, 0.3) is 0 Å². The molecule has 5 nitrogen and oxygen atoms in total. The summed E-state index contributed by atoms with van der Waals surface area (Å²) in [7, 11) is 1.58. The van der Waals surface area contributed by atoms with Crippen LogP contribution in [0.5, 0.6) is 5.75 Å². The van der Waals surface area contributed by atoms with Gasteiger partial charge in [0.2, 0.25) is 11.8 Å². The molecule has 1 fully saturated rings. The number of carbonyl (C=O) groups excluding carboxylic acids is 2. The number of hydrogen-bond donors (Lipinski definition) is 1. The minimum Gasteiger partial charge on any atom is -0.495 e. The van der Waals surface area contributed by atoms with Crippen molar-refractivity contribution in [2.45, 2.75) is 26.3 Å². The summed E-state index contributed by atoms with van der Waals surface area (Å²) in [4.78, 5) is 28.1. The standard InChI is InChI=1S/C20H24N2O3S/c1-13(2)19(17-9-6-10-26-17)21-20(24)14-11-18(23)22(12-14)15-7-4-5-8-16(15)25-3/h4-10,13-14,19H,11-12H2,1-3H3,(H,21,24). The largest absolute Gasteiger partial charge is 0.495 e. The predicted octanol–water partition coefficient (Wildman–Crippen LogP) is 3.62. The molecule has 1 aliphatic rings. The fourth-order valence-electron chi connectivity index (χ4n) is 3.27. The minimum absolute atomic E-state index is 0.0297. The summed E-state index contributed by atoms with van der Waals surface area (Å²) in [6.45, 7) is 4.55. The Hall–Kier alpha value is -2.34. The molecule has 0 spiro atoms. The van der Waals surface area contributed by atoms with Gasteiger partial charge in [-0.1, -0.05) is 32.0 Å². The number of methoxy groups -OCH3 is 1. The van der Waals surface area contributed by atoms with Crippen LogP contribution in [0.3, 0.4) is 0 Å². The summed E-state index contributed by atoms with van der Waals surface area (Å²) in [6.07, 6.45) is 0.221. The summed E-state index contributed by atoms with van der Waals surface area (Å²) < 4.78 is 5.35. The van der Waals surface area contributed by atoms with E-state index in [0.717, 1.165) is 4.88 Å². The number of ether oxygens (including phenoxy) is 1. The third-order valence-electron chi connectivity index (χ3n) is 4.69. The van der Waals surface area contributed by atoms with Crippen LogP contribution in [0.15, 0.2) is 41.8 Å². The molecule has 26 heavy (non-hydrogen) atoms. The number of hydrogen-bond acceptors (Lipinski definition) is 4. The normalized spacial score (nSPS) is 18.2. The Morgan fingerprint density at radius 1 is 1.27 bits per heavy atom. The number of anilines is 1. The number of thiophene rings is 1. The fourth-order valence-corrected chi connectivity index (χ4v) is 4.22. The molecule has 0 radical (unpaired) electrons. The van der Waals surface area contributed by atoms with Crippen molar-refractivity contribution in [1.82, 2.24) is 5.32 Å². The maximum atomic E-state index is 12.8. The first-order valence-electron chi connectivity index (χ1n) is 8.78. The summed E-state index contributed by atoms with van der Waals surface area (Å²) >= 11 is 1.64. The van der Waals surface area contributed by atoms with Crippen LogP contribution in [0.1, 0.15) is 31.2 Å². The van der Waals surface area contributed by atoms with Crippen LogP contribution < -0.4 is 15.0 Å². The van der Waals surface area contributed by atoms with Gasteiger partial charge >= 0.3 is 0 Å². The van der Waals surface area contributed by atoms with Crippen LogP contribution >= 0.6 is 11.3 Å². The Labute approximate surface area is 158 Å². The second-order valence-electron chi connectivity index (χ2n) is 6.82. The number of amides is 2. The van der Waals surface area contributed by atoms with E-state index in [1.165, 1.54) is 0 Å². The third kappa shape index (κ3) is 3.75. The molecular weight excluding hydrogens is 348 g/mol. The first-order valence-corrected chi connectivity index (χ1v) is 9.66. The molecule has 0 saturated carbocycles. The molecule has 1 aromatic carbocycles. The molecule has 2 aromatic rings. The zero-order valence-corrected chi connectivity index (χ0v) is 16.1. The Kier molecular flexibility index (Phi) is 5.61. The first-order chi connectivity index (χ1) is 12.5. The van der Waals surface area contributed by atoms with Gasteiger partial charge in [0, 0.05) is 17.8 Å². The van der Waals surface area contributed by atoms with Crippen molar-refractivity contribution in [2.75, 3.05) is 18.6 Å². The highest BCUT2D eigenvalue weighted by Crippen LogP contribution is 2.33. The van der Waals surface area contributed by atoms with Gasteiger partial charge in [-0.3, -0.25) is 9.59 Å². The summed E-state index contributed by atoms with van der Waals surface area (Å²) in [5, 5.41) is 5.16. The minimum atomic E-state index is -0.353. The average Bonchev–Trinajstić information content (AvgIpc) is 3.29. The highest BCUT2D eigenvalue weighted by atomic mass is 32.1. The molecule has 2 amide bonds. The van der Waals surface area contributed by atoms with E-state index in [-0.39, 0.29) is 36.1 Å². The lowest BCUT2D eigenvalue weighted by Gasteiger charge is -2.23. The Bertz CT molecular complexity index is 773. The van der Waals surface area contributed by atoms with Crippen LogP contribution in [0.25, 0.3) is 0 Å². The van der Waals surface area contributed by atoms with E-state index in [0.29, 0.717) is 18.0 Å². The fraction of sp³-hybridized carbons (Fsp3) is 0.400. The molecule has 1 N–H and O–H groups in total. The van der Waals surface area contributed by atoms with Crippen molar-refractivity contribution in [2.24, 2.45) is 11.8 Å². The number of benzene rings is 1. The number of rotatable bonds is 6. The van der Waals surface area contributed by atoms with Crippen molar-refractivity contribution in [1.29, 1.82) is 0 Å². The van der Waals surface area contributed by atoms with E-state index >= 15 is 0 Å². The summed E-state index contributed by atoms with van der Waals surface area (Å²) in [6, 6.07) is 11.4. The van der Waals surface area contributed by atoms with Crippen LogP contribution in [0.2, 0.25) is 0 Å². The van der Waals surface area contributed by atoms with E-state index in [1.54, 1.807) is 23.3 Å². The molecule has 2 atom stereocenters. The molecule has 0 aliphatic carbocycles. The quantitative estimate of drug-likeness (QED) is 0.842.